The first-order chi connectivity index (χ1) is 21.6. The third-order valence-corrected chi connectivity index (χ3v) is 8.92. The number of unbranched alkanes of at least 4 members (excludes halogenated alkanes) is 3. The minimum Gasteiger partial charge on any atom is -0.370 e. The predicted octanol–water partition coefficient (Wildman–Crippen LogP) is 7.26. The largest absolute Gasteiger partial charge is 0.370 e. The molecule has 0 aliphatic heterocycles. The molecule has 1 atom stereocenters. The molecule has 44 heavy (non-hydrogen) atoms. The fourth-order valence-electron chi connectivity index (χ4n) is 6.24. The van der Waals surface area contributed by atoms with Crippen LogP contribution in [0.3, 0.4) is 0 Å². The summed E-state index contributed by atoms with van der Waals surface area (Å²) in [5, 5.41) is 6.60. The summed E-state index contributed by atoms with van der Waals surface area (Å²) in [6.45, 7) is 1.62. The van der Waals surface area contributed by atoms with Gasteiger partial charge in [0, 0.05) is 19.6 Å². The maximum atomic E-state index is 13.2. The van der Waals surface area contributed by atoms with Gasteiger partial charge in [0.1, 0.15) is 0 Å². The van der Waals surface area contributed by atoms with Crippen molar-refractivity contribution in [3.8, 4) is 11.1 Å². The third kappa shape index (κ3) is 12.2. The molecule has 1 aliphatic rings. The van der Waals surface area contributed by atoms with Crippen LogP contribution < -0.4 is 22.1 Å². The zero-order chi connectivity index (χ0) is 30.8. The number of carbonyl (C=O) groups is 1. The van der Waals surface area contributed by atoms with Gasteiger partial charge in [0.2, 0.25) is 5.91 Å². The Morgan fingerprint density at radius 1 is 0.727 bits per heavy atom. The number of hydrogen-bond donors (Lipinski definition) is 4. The van der Waals surface area contributed by atoms with Gasteiger partial charge < -0.3 is 22.1 Å². The molecule has 0 unspecified atom stereocenters. The van der Waals surface area contributed by atoms with E-state index in [0.29, 0.717) is 32.5 Å². The Bertz CT molecular complexity index is 1250. The lowest BCUT2D eigenvalue weighted by Crippen LogP contribution is -2.43. The molecule has 6 N–H and O–H groups in total. The lowest BCUT2D eigenvalue weighted by Gasteiger charge is -2.21. The molecule has 0 spiro atoms. The predicted molar refractivity (Wildman–Crippen MR) is 184 cm³/mol. The van der Waals surface area contributed by atoms with E-state index in [9.17, 15) is 4.79 Å². The topological polar surface area (TPSA) is 106 Å². The van der Waals surface area contributed by atoms with Crippen LogP contribution in [0.5, 0.6) is 0 Å². The number of rotatable bonds is 18. The second-order valence-electron chi connectivity index (χ2n) is 12.4. The van der Waals surface area contributed by atoms with Gasteiger partial charge in [-0.15, -0.1) is 0 Å². The Hall–Kier alpha value is -3.64. The van der Waals surface area contributed by atoms with Crippen LogP contribution in [0.4, 0.5) is 0 Å². The Balaban J connectivity index is 1.19. The molecule has 1 amide bonds. The third-order valence-electron chi connectivity index (χ3n) is 8.92. The Morgan fingerprint density at radius 3 is 2.09 bits per heavy atom. The molecule has 0 aromatic heterocycles. The van der Waals surface area contributed by atoms with Crippen LogP contribution in [0.15, 0.2) is 83.9 Å². The summed E-state index contributed by atoms with van der Waals surface area (Å²) in [4.78, 5) is 17.3. The second kappa shape index (κ2) is 18.9. The minimum absolute atomic E-state index is 0.00657. The van der Waals surface area contributed by atoms with Gasteiger partial charge in [-0.3, -0.25) is 9.79 Å². The number of aryl methyl sites for hydroxylation is 1. The first-order valence-electron chi connectivity index (χ1n) is 16.9. The molecule has 0 saturated heterocycles. The molecule has 0 heterocycles. The summed E-state index contributed by atoms with van der Waals surface area (Å²) in [6.07, 6.45) is 16.5. The number of amides is 1. The molecule has 3 aromatic carbocycles. The molecular weight excluding hydrogens is 542 g/mol. The first-order valence-corrected chi connectivity index (χ1v) is 16.9. The fraction of sp³-hybridized carbons (Fsp3) is 0.474. The van der Waals surface area contributed by atoms with E-state index >= 15 is 0 Å². The number of aliphatic imine (C=N–C) groups is 1. The van der Waals surface area contributed by atoms with E-state index in [4.69, 9.17) is 11.5 Å². The van der Waals surface area contributed by atoms with Crippen molar-refractivity contribution in [3.05, 3.63) is 95.6 Å². The van der Waals surface area contributed by atoms with Crippen LogP contribution in [0, 0.1) is 5.92 Å². The van der Waals surface area contributed by atoms with Crippen molar-refractivity contribution in [1.82, 2.24) is 10.6 Å². The molecule has 6 heteroatoms. The summed E-state index contributed by atoms with van der Waals surface area (Å²) in [5.74, 6) is 1.08. The molecule has 1 saturated carbocycles. The number of nitrogens with one attached hydrogen (secondary N) is 2. The van der Waals surface area contributed by atoms with E-state index in [0.717, 1.165) is 23.5 Å². The average Bonchev–Trinajstić information content (AvgIpc) is 3.06. The molecule has 6 nitrogen and oxygen atoms in total. The van der Waals surface area contributed by atoms with Gasteiger partial charge in [0.25, 0.3) is 0 Å². The van der Waals surface area contributed by atoms with Gasteiger partial charge in [-0.25, -0.2) is 0 Å². The van der Waals surface area contributed by atoms with Gasteiger partial charge >= 0.3 is 0 Å². The lowest BCUT2D eigenvalue weighted by molar-refractivity contribution is -0.123. The first kappa shape index (κ1) is 33.3. The van der Waals surface area contributed by atoms with Gasteiger partial charge in [-0.2, -0.15) is 0 Å². The fourth-order valence-corrected chi connectivity index (χ4v) is 6.24. The number of benzene rings is 3. The second-order valence-corrected chi connectivity index (χ2v) is 12.4. The molecule has 1 fully saturated rings. The van der Waals surface area contributed by atoms with Crippen molar-refractivity contribution >= 4 is 11.9 Å². The van der Waals surface area contributed by atoms with E-state index in [1.54, 1.807) is 0 Å². The zero-order valence-electron chi connectivity index (χ0n) is 26.5. The minimum atomic E-state index is -0.338. The summed E-state index contributed by atoms with van der Waals surface area (Å²) >= 11 is 0. The van der Waals surface area contributed by atoms with Crippen molar-refractivity contribution < 1.29 is 4.79 Å². The number of carbonyl (C=O) groups excluding carboxylic acids is 1. The van der Waals surface area contributed by atoms with E-state index in [2.05, 4.69) is 76.3 Å². The highest BCUT2D eigenvalue weighted by Gasteiger charge is 2.18. The monoisotopic (exact) mass is 595 g/mol. The molecule has 3 aromatic rings. The maximum absolute atomic E-state index is 13.2. The standard InChI is InChI=1S/C38H53N5O/c39-38(40)41-27-11-18-36(42-28-33-23-25-35(26-24-33)34-16-9-4-10-17-34)37(44)43-29-32-21-19-31(20-22-32)15-6-2-1-5-12-30-13-7-3-8-14-30/h4,9-10,16-17,19-26,30,36,42H,1-3,5-8,11-15,18,27-29H2,(H,43,44)(H4,39,40,41)/t36-/m0/s1. The number of hydrogen-bond acceptors (Lipinski definition) is 3. The Morgan fingerprint density at radius 2 is 1.36 bits per heavy atom. The normalized spacial score (nSPS) is 14.2. The quantitative estimate of drug-likeness (QED) is 0.0706. The lowest BCUT2D eigenvalue weighted by atomic mass is 9.85. The molecule has 1 aliphatic carbocycles. The van der Waals surface area contributed by atoms with Crippen LogP contribution in [0.2, 0.25) is 0 Å². The molecule has 236 valence electrons. The van der Waals surface area contributed by atoms with Crippen molar-refractivity contribution in [1.29, 1.82) is 0 Å². The van der Waals surface area contributed by atoms with Gasteiger partial charge in [-0.05, 0) is 59.4 Å². The van der Waals surface area contributed by atoms with Gasteiger partial charge in [0.15, 0.2) is 5.96 Å². The maximum Gasteiger partial charge on any atom is 0.237 e. The molecule has 4 rings (SSSR count). The highest BCUT2D eigenvalue weighted by atomic mass is 16.2. The Kier molecular flexibility index (Phi) is 14.3. The van der Waals surface area contributed by atoms with Crippen molar-refractivity contribution in [2.75, 3.05) is 6.54 Å². The molecular formula is C38H53N5O. The van der Waals surface area contributed by atoms with Crippen molar-refractivity contribution in [2.45, 2.75) is 103 Å². The number of nitrogens with zero attached hydrogens (tertiary/aromatic N) is 1. The van der Waals surface area contributed by atoms with Gasteiger partial charge in [-0.1, -0.05) is 137 Å². The Labute approximate surface area is 265 Å². The smallest absolute Gasteiger partial charge is 0.237 e. The molecule has 0 bridgehead atoms. The zero-order valence-corrected chi connectivity index (χ0v) is 26.5. The SMILES string of the molecule is NC(N)=NCCC[C@H](NCc1ccc(-c2ccccc2)cc1)C(=O)NCc1ccc(CCCCCCC2CCCCC2)cc1. The highest BCUT2D eigenvalue weighted by Crippen LogP contribution is 2.28. The summed E-state index contributed by atoms with van der Waals surface area (Å²) in [7, 11) is 0. The molecule has 0 radical (unpaired) electrons. The van der Waals surface area contributed by atoms with Crippen LogP contribution in [0.25, 0.3) is 11.1 Å². The number of nitrogens with two attached hydrogens (primary N) is 2. The van der Waals surface area contributed by atoms with Crippen LogP contribution in [0.1, 0.15) is 93.7 Å². The van der Waals surface area contributed by atoms with E-state index in [-0.39, 0.29) is 17.9 Å². The van der Waals surface area contributed by atoms with E-state index < -0.39 is 0 Å². The van der Waals surface area contributed by atoms with Crippen LogP contribution in [-0.2, 0) is 24.3 Å². The van der Waals surface area contributed by atoms with Crippen molar-refractivity contribution in [2.24, 2.45) is 22.4 Å². The van der Waals surface area contributed by atoms with Crippen LogP contribution in [-0.4, -0.2) is 24.5 Å². The van der Waals surface area contributed by atoms with Gasteiger partial charge in [0.05, 0.1) is 6.04 Å². The van der Waals surface area contributed by atoms with E-state index in [1.807, 2.05) is 18.2 Å². The van der Waals surface area contributed by atoms with Crippen LogP contribution >= 0.6 is 0 Å². The summed E-state index contributed by atoms with van der Waals surface area (Å²) in [6, 6.07) is 27.2. The summed E-state index contributed by atoms with van der Waals surface area (Å²) < 4.78 is 0. The summed E-state index contributed by atoms with van der Waals surface area (Å²) in [5.41, 5.74) is 17.0. The van der Waals surface area contributed by atoms with Crippen molar-refractivity contribution in [3.63, 3.8) is 0 Å². The highest BCUT2D eigenvalue weighted by molar-refractivity contribution is 5.81. The average molecular weight is 596 g/mol. The number of guanidine groups is 1. The van der Waals surface area contributed by atoms with E-state index in [1.165, 1.54) is 80.9 Å².